The van der Waals surface area contributed by atoms with Gasteiger partial charge in [0.1, 0.15) is 5.69 Å². The number of carboxylic acids is 1. The van der Waals surface area contributed by atoms with E-state index in [0.717, 1.165) is 14.8 Å². The first-order chi connectivity index (χ1) is 7.99. The Labute approximate surface area is 117 Å². The Kier molecular flexibility index (Phi) is 3.44. The number of aryl methyl sites for hydroxylation is 1. The largest absolute Gasteiger partial charge is 0.477 e. The quantitative estimate of drug-likeness (QED) is 0.828. The number of halogens is 2. The van der Waals surface area contributed by atoms with Crippen LogP contribution in [0.3, 0.4) is 0 Å². The Hall–Kier alpha value is -1.01. The Morgan fingerprint density at radius 1 is 1.41 bits per heavy atom. The number of benzene rings is 1. The summed E-state index contributed by atoms with van der Waals surface area (Å²) < 4.78 is 2.55. The van der Waals surface area contributed by atoms with E-state index in [1.807, 2.05) is 19.1 Å². The van der Waals surface area contributed by atoms with Crippen LogP contribution in [0, 0.1) is 10.5 Å². The molecule has 5 heteroatoms. The van der Waals surface area contributed by atoms with Crippen molar-refractivity contribution < 1.29 is 9.90 Å². The number of carboxylic acid groups (broad SMARTS) is 1. The molecule has 0 bridgehead atoms. The van der Waals surface area contributed by atoms with Crippen LogP contribution >= 0.6 is 34.2 Å². The molecule has 0 unspecified atom stereocenters. The van der Waals surface area contributed by atoms with Crippen LogP contribution in [0.15, 0.2) is 30.5 Å². The van der Waals surface area contributed by atoms with Crippen LogP contribution in [0.2, 0.25) is 5.02 Å². The molecule has 1 aromatic heterocycles. The number of nitrogens with zero attached hydrogens (tertiary/aromatic N) is 1. The lowest BCUT2D eigenvalue weighted by Crippen LogP contribution is -2.06. The summed E-state index contributed by atoms with van der Waals surface area (Å²) in [5, 5.41) is 9.78. The Bertz CT molecular complexity index is 592. The molecular formula is C12H9ClINO2. The van der Waals surface area contributed by atoms with E-state index >= 15 is 0 Å². The lowest BCUT2D eigenvalue weighted by atomic mass is 10.2. The zero-order valence-electron chi connectivity index (χ0n) is 8.95. The van der Waals surface area contributed by atoms with E-state index in [1.54, 1.807) is 22.9 Å². The van der Waals surface area contributed by atoms with E-state index < -0.39 is 5.97 Å². The molecule has 0 aliphatic heterocycles. The third-order valence-electron chi connectivity index (χ3n) is 2.42. The molecule has 0 aliphatic carbocycles. The number of hydrogen-bond acceptors (Lipinski definition) is 1. The summed E-state index contributed by atoms with van der Waals surface area (Å²) in [7, 11) is 0. The molecule has 0 aliphatic rings. The van der Waals surface area contributed by atoms with E-state index in [2.05, 4.69) is 22.6 Å². The van der Waals surface area contributed by atoms with Gasteiger partial charge in [-0.3, -0.25) is 0 Å². The maximum absolute atomic E-state index is 11.1. The fraction of sp³-hybridized carbons (Fsp3) is 0.0833. The van der Waals surface area contributed by atoms with E-state index in [-0.39, 0.29) is 5.69 Å². The van der Waals surface area contributed by atoms with Gasteiger partial charge in [0.2, 0.25) is 0 Å². The normalized spacial score (nSPS) is 10.5. The third-order valence-corrected chi connectivity index (χ3v) is 3.25. The summed E-state index contributed by atoms with van der Waals surface area (Å²) in [6.07, 6.45) is 1.79. The molecule has 3 nitrogen and oxygen atoms in total. The molecule has 0 fully saturated rings. The maximum Gasteiger partial charge on any atom is 0.352 e. The SMILES string of the molecule is Cc1cc(Cl)ccc1-n1cc(I)cc1C(=O)O. The molecule has 0 saturated carbocycles. The van der Waals surface area contributed by atoms with Crippen molar-refractivity contribution in [3.63, 3.8) is 0 Å². The van der Waals surface area contributed by atoms with Crippen molar-refractivity contribution in [2.24, 2.45) is 0 Å². The first kappa shape index (κ1) is 12.4. The topological polar surface area (TPSA) is 42.2 Å². The number of rotatable bonds is 2. The van der Waals surface area contributed by atoms with Crippen molar-refractivity contribution in [1.29, 1.82) is 0 Å². The van der Waals surface area contributed by atoms with Crippen LogP contribution in [0.25, 0.3) is 5.69 Å². The highest BCUT2D eigenvalue weighted by atomic mass is 127. The van der Waals surface area contributed by atoms with E-state index in [9.17, 15) is 4.79 Å². The minimum atomic E-state index is -0.942. The fourth-order valence-corrected chi connectivity index (χ4v) is 2.48. The zero-order valence-corrected chi connectivity index (χ0v) is 11.9. The van der Waals surface area contributed by atoms with Crippen LogP contribution in [-0.2, 0) is 0 Å². The highest BCUT2D eigenvalue weighted by Crippen LogP contribution is 2.23. The van der Waals surface area contributed by atoms with Crippen molar-refractivity contribution in [1.82, 2.24) is 4.57 Å². The van der Waals surface area contributed by atoms with Crippen molar-refractivity contribution in [2.75, 3.05) is 0 Å². The molecule has 0 spiro atoms. The molecule has 1 aromatic carbocycles. The Morgan fingerprint density at radius 3 is 2.71 bits per heavy atom. The average Bonchev–Trinajstić information content (AvgIpc) is 2.60. The van der Waals surface area contributed by atoms with E-state index in [4.69, 9.17) is 16.7 Å². The highest BCUT2D eigenvalue weighted by molar-refractivity contribution is 14.1. The van der Waals surface area contributed by atoms with Crippen molar-refractivity contribution in [3.05, 3.63) is 50.3 Å². The van der Waals surface area contributed by atoms with E-state index in [0.29, 0.717) is 5.02 Å². The van der Waals surface area contributed by atoms with Crippen LogP contribution in [-0.4, -0.2) is 15.6 Å². The van der Waals surface area contributed by atoms with Gasteiger partial charge in [0.25, 0.3) is 0 Å². The maximum atomic E-state index is 11.1. The van der Waals surface area contributed by atoms with Crippen LogP contribution in [0.5, 0.6) is 0 Å². The first-order valence-electron chi connectivity index (χ1n) is 4.87. The second-order valence-electron chi connectivity index (χ2n) is 3.65. The van der Waals surface area contributed by atoms with Crippen LogP contribution in [0.4, 0.5) is 0 Å². The molecule has 2 aromatic rings. The fourth-order valence-electron chi connectivity index (χ4n) is 1.68. The third kappa shape index (κ3) is 2.47. The van der Waals surface area contributed by atoms with Gasteiger partial charge in [0.05, 0.1) is 0 Å². The minimum absolute atomic E-state index is 0.250. The molecule has 2 rings (SSSR count). The average molecular weight is 362 g/mol. The smallest absolute Gasteiger partial charge is 0.352 e. The second kappa shape index (κ2) is 4.70. The molecule has 1 heterocycles. The number of carbonyl (C=O) groups is 1. The highest BCUT2D eigenvalue weighted by Gasteiger charge is 2.14. The summed E-state index contributed by atoms with van der Waals surface area (Å²) in [6, 6.07) is 7.02. The lowest BCUT2D eigenvalue weighted by molar-refractivity contribution is 0.0688. The molecular weight excluding hydrogens is 352 g/mol. The molecule has 0 atom stereocenters. The summed E-state index contributed by atoms with van der Waals surface area (Å²) >= 11 is 7.98. The molecule has 0 saturated heterocycles. The molecule has 88 valence electrons. The van der Waals surface area contributed by atoms with Crippen molar-refractivity contribution in [3.8, 4) is 5.69 Å². The van der Waals surface area contributed by atoms with Gasteiger partial charge in [-0.2, -0.15) is 0 Å². The number of hydrogen-bond donors (Lipinski definition) is 1. The standard InChI is InChI=1S/C12H9ClINO2/c1-7-4-8(13)2-3-10(7)15-6-9(14)5-11(15)12(16)17/h2-6H,1H3,(H,16,17). The van der Waals surface area contributed by atoms with Gasteiger partial charge in [-0.1, -0.05) is 11.6 Å². The number of aromatic carboxylic acids is 1. The van der Waals surface area contributed by atoms with Crippen LogP contribution in [0.1, 0.15) is 16.1 Å². The van der Waals surface area contributed by atoms with Gasteiger partial charge in [-0.25, -0.2) is 4.79 Å². The van der Waals surface area contributed by atoms with Gasteiger partial charge >= 0.3 is 5.97 Å². The lowest BCUT2D eigenvalue weighted by Gasteiger charge is -2.09. The molecule has 1 N–H and O–H groups in total. The van der Waals surface area contributed by atoms with Gasteiger partial charge in [0, 0.05) is 20.5 Å². The second-order valence-corrected chi connectivity index (χ2v) is 5.33. The van der Waals surface area contributed by atoms with Gasteiger partial charge in [-0.05, 0) is 59.3 Å². The zero-order chi connectivity index (χ0) is 12.6. The molecule has 0 amide bonds. The predicted octanol–water partition coefficient (Wildman–Crippen LogP) is 3.74. The van der Waals surface area contributed by atoms with Crippen molar-refractivity contribution in [2.45, 2.75) is 6.92 Å². The van der Waals surface area contributed by atoms with Crippen molar-refractivity contribution >= 4 is 40.2 Å². The monoisotopic (exact) mass is 361 g/mol. The Morgan fingerprint density at radius 2 is 2.12 bits per heavy atom. The summed E-state index contributed by atoms with van der Waals surface area (Å²) in [4.78, 5) is 11.1. The molecule has 17 heavy (non-hydrogen) atoms. The predicted molar refractivity (Wildman–Crippen MR) is 75.2 cm³/mol. The van der Waals surface area contributed by atoms with Gasteiger partial charge in [0.15, 0.2) is 0 Å². The Balaban J connectivity index is 2.63. The van der Waals surface area contributed by atoms with E-state index in [1.165, 1.54) is 0 Å². The summed E-state index contributed by atoms with van der Waals surface area (Å²) in [5.41, 5.74) is 2.02. The van der Waals surface area contributed by atoms with Gasteiger partial charge in [-0.15, -0.1) is 0 Å². The minimum Gasteiger partial charge on any atom is -0.477 e. The van der Waals surface area contributed by atoms with Crippen LogP contribution < -0.4 is 0 Å². The van der Waals surface area contributed by atoms with Gasteiger partial charge < -0.3 is 9.67 Å². The summed E-state index contributed by atoms with van der Waals surface area (Å²) in [6.45, 7) is 1.90. The number of aromatic nitrogens is 1. The first-order valence-corrected chi connectivity index (χ1v) is 6.32. The molecule has 0 radical (unpaired) electrons. The summed E-state index contributed by atoms with van der Waals surface area (Å²) in [5.74, 6) is -0.942.